The Kier molecular flexibility index (Phi) is 5.58. The molecule has 2 atom stereocenters. The summed E-state index contributed by atoms with van der Waals surface area (Å²) < 4.78 is 15.2. The van der Waals surface area contributed by atoms with Crippen LogP contribution in [0.1, 0.15) is 38.3 Å². The van der Waals surface area contributed by atoms with Gasteiger partial charge in [0.15, 0.2) is 0 Å². The largest absolute Gasteiger partial charge is 0.319 e. The molecule has 1 heterocycles. The SMILES string of the molecule is CNCC1CCCN(C(C)C)C1c1ccc(Br)cc1F. The Bertz CT molecular complexity index is 448. The lowest BCUT2D eigenvalue weighted by molar-refractivity contribution is 0.0613. The molecule has 0 aliphatic carbocycles. The molecule has 1 N–H and O–H groups in total. The minimum Gasteiger partial charge on any atom is -0.319 e. The number of nitrogens with one attached hydrogen (secondary N) is 1. The third-order valence-corrected chi connectivity index (χ3v) is 4.70. The third kappa shape index (κ3) is 3.41. The van der Waals surface area contributed by atoms with Crippen LogP contribution < -0.4 is 5.32 Å². The standard InChI is InChI=1S/C16H24BrFN2/c1-11(2)20-8-4-5-12(10-19-3)16(20)14-7-6-13(17)9-15(14)18/h6-7,9,11-12,16,19H,4-5,8,10H2,1-3H3. The van der Waals surface area contributed by atoms with E-state index in [9.17, 15) is 4.39 Å². The maximum atomic E-state index is 14.4. The van der Waals surface area contributed by atoms with Gasteiger partial charge in [0, 0.05) is 22.1 Å². The first kappa shape index (κ1) is 15.9. The first-order chi connectivity index (χ1) is 9.54. The van der Waals surface area contributed by atoms with E-state index in [1.807, 2.05) is 19.2 Å². The van der Waals surface area contributed by atoms with Gasteiger partial charge >= 0.3 is 0 Å². The van der Waals surface area contributed by atoms with E-state index in [4.69, 9.17) is 0 Å². The zero-order chi connectivity index (χ0) is 14.7. The molecule has 1 aromatic rings. The quantitative estimate of drug-likeness (QED) is 0.890. The molecule has 0 bridgehead atoms. The second-order valence-corrected chi connectivity index (χ2v) is 6.82. The number of nitrogens with zero attached hydrogens (tertiary/aromatic N) is 1. The fourth-order valence-electron chi connectivity index (χ4n) is 3.33. The van der Waals surface area contributed by atoms with Crippen LogP contribution >= 0.6 is 15.9 Å². The zero-order valence-corrected chi connectivity index (χ0v) is 14.1. The lowest BCUT2D eigenvalue weighted by Gasteiger charge is -2.44. The van der Waals surface area contributed by atoms with Gasteiger partial charge in [0.1, 0.15) is 5.82 Å². The van der Waals surface area contributed by atoms with Gasteiger partial charge in [-0.2, -0.15) is 0 Å². The van der Waals surface area contributed by atoms with Crippen molar-refractivity contribution in [1.29, 1.82) is 0 Å². The number of likely N-dealkylation sites (tertiary alicyclic amines) is 1. The first-order valence-corrected chi connectivity index (χ1v) is 8.19. The van der Waals surface area contributed by atoms with Crippen molar-refractivity contribution in [3.8, 4) is 0 Å². The zero-order valence-electron chi connectivity index (χ0n) is 12.5. The van der Waals surface area contributed by atoms with Crippen LogP contribution in [-0.4, -0.2) is 31.1 Å². The molecule has 0 radical (unpaired) electrons. The maximum Gasteiger partial charge on any atom is 0.129 e. The molecule has 112 valence electrons. The summed E-state index contributed by atoms with van der Waals surface area (Å²) in [6, 6.07) is 6.07. The highest BCUT2D eigenvalue weighted by atomic mass is 79.9. The highest BCUT2D eigenvalue weighted by molar-refractivity contribution is 9.10. The lowest BCUT2D eigenvalue weighted by atomic mass is 9.83. The molecule has 0 saturated carbocycles. The van der Waals surface area contributed by atoms with E-state index in [0.29, 0.717) is 12.0 Å². The molecular formula is C16H24BrFN2. The van der Waals surface area contributed by atoms with Gasteiger partial charge in [0.2, 0.25) is 0 Å². The number of halogens is 2. The fraction of sp³-hybridized carbons (Fsp3) is 0.625. The second kappa shape index (κ2) is 7.01. The van der Waals surface area contributed by atoms with Gasteiger partial charge in [-0.05, 0) is 64.9 Å². The molecule has 0 spiro atoms. The molecule has 20 heavy (non-hydrogen) atoms. The van der Waals surface area contributed by atoms with E-state index in [1.54, 1.807) is 6.07 Å². The van der Waals surface area contributed by atoms with Crippen molar-refractivity contribution in [3.05, 3.63) is 34.1 Å². The van der Waals surface area contributed by atoms with Gasteiger partial charge in [-0.15, -0.1) is 0 Å². The van der Waals surface area contributed by atoms with Gasteiger partial charge in [-0.1, -0.05) is 22.0 Å². The van der Waals surface area contributed by atoms with E-state index in [1.165, 1.54) is 6.42 Å². The van der Waals surface area contributed by atoms with Crippen LogP contribution in [0.15, 0.2) is 22.7 Å². The highest BCUT2D eigenvalue weighted by Gasteiger charge is 2.34. The smallest absolute Gasteiger partial charge is 0.129 e. The molecule has 1 aliphatic heterocycles. The van der Waals surface area contributed by atoms with Crippen LogP contribution in [-0.2, 0) is 0 Å². The summed E-state index contributed by atoms with van der Waals surface area (Å²) in [6.45, 7) is 6.39. The Morgan fingerprint density at radius 3 is 2.80 bits per heavy atom. The molecule has 1 aromatic carbocycles. The highest BCUT2D eigenvalue weighted by Crippen LogP contribution is 2.38. The minimum absolute atomic E-state index is 0.0990. The summed E-state index contributed by atoms with van der Waals surface area (Å²) in [5, 5.41) is 3.27. The minimum atomic E-state index is -0.0990. The Morgan fingerprint density at radius 2 is 2.20 bits per heavy atom. The van der Waals surface area contributed by atoms with E-state index in [2.05, 4.69) is 40.0 Å². The van der Waals surface area contributed by atoms with Gasteiger partial charge < -0.3 is 5.32 Å². The van der Waals surface area contributed by atoms with Gasteiger partial charge in [0.05, 0.1) is 0 Å². The van der Waals surface area contributed by atoms with Crippen molar-refractivity contribution in [2.75, 3.05) is 20.1 Å². The molecule has 2 nitrogen and oxygen atoms in total. The van der Waals surface area contributed by atoms with Gasteiger partial charge in [-0.3, -0.25) is 4.90 Å². The topological polar surface area (TPSA) is 15.3 Å². The molecule has 2 rings (SSSR count). The maximum absolute atomic E-state index is 14.4. The van der Waals surface area contributed by atoms with Crippen molar-refractivity contribution >= 4 is 15.9 Å². The summed E-state index contributed by atoms with van der Waals surface area (Å²) in [5.41, 5.74) is 0.835. The summed E-state index contributed by atoms with van der Waals surface area (Å²) in [6.07, 6.45) is 2.35. The van der Waals surface area contributed by atoms with Crippen LogP contribution in [0.3, 0.4) is 0 Å². The van der Waals surface area contributed by atoms with E-state index in [0.717, 1.165) is 29.5 Å². The van der Waals surface area contributed by atoms with E-state index in [-0.39, 0.29) is 11.9 Å². The predicted octanol–water partition coefficient (Wildman–Crippen LogP) is 3.97. The molecule has 1 fully saturated rings. The molecule has 4 heteroatoms. The number of benzene rings is 1. The van der Waals surface area contributed by atoms with E-state index < -0.39 is 0 Å². The number of piperidine rings is 1. The average Bonchev–Trinajstić information content (AvgIpc) is 2.39. The molecular weight excluding hydrogens is 319 g/mol. The summed E-state index contributed by atoms with van der Waals surface area (Å²) in [4.78, 5) is 2.44. The van der Waals surface area contributed by atoms with Crippen LogP contribution in [0.2, 0.25) is 0 Å². The molecule has 0 aromatic heterocycles. The number of hydrogen-bond donors (Lipinski definition) is 1. The summed E-state index contributed by atoms with van der Waals surface area (Å²) in [5.74, 6) is 0.366. The molecule has 1 aliphatic rings. The van der Waals surface area contributed by atoms with Crippen molar-refractivity contribution in [1.82, 2.24) is 10.2 Å². The summed E-state index contributed by atoms with van der Waals surface area (Å²) in [7, 11) is 1.98. The number of hydrogen-bond acceptors (Lipinski definition) is 2. The first-order valence-electron chi connectivity index (χ1n) is 7.40. The van der Waals surface area contributed by atoms with Gasteiger partial charge in [0.25, 0.3) is 0 Å². The Labute approximate surface area is 129 Å². The van der Waals surface area contributed by atoms with Gasteiger partial charge in [-0.25, -0.2) is 4.39 Å². The van der Waals surface area contributed by atoms with Crippen LogP contribution in [0.4, 0.5) is 4.39 Å². The monoisotopic (exact) mass is 342 g/mol. The molecule has 2 unspecified atom stereocenters. The molecule has 1 saturated heterocycles. The van der Waals surface area contributed by atoms with Crippen LogP contribution in [0.25, 0.3) is 0 Å². The van der Waals surface area contributed by atoms with Crippen molar-refractivity contribution in [2.45, 2.75) is 38.8 Å². The van der Waals surface area contributed by atoms with Crippen molar-refractivity contribution < 1.29 is 4.39 Å². The average molecular weight is 343 g/mol. The Balaban J connectivity index is 2.37. The van der Waals surface area contributed by atoms with Crippen molar-refractivity contribution in [3.63, 3.8) is 0 Å². The Morgan fingerprint density at radius 1 is 1.45 bits per heavy atom. The van der Waals surface area contributed by atoms with E-state index >= 15 is 0 Å². The molecule has 0 amide bonds. The lowest BCUT2D eigenvalue weighted by Crippen LogP contribution is -2.45. The van der Waals surface area contributed by atoms with Crippen LogP contribution in [0, 0.1) is 11.7 Å². The van der Waals surface area contributed by atoms with Crippen molar-refractivity contribution in [2.24, 2.45) is 5.92 Å². The third-order valence-electron chi connectivity index (χ3n) is 4.21. The normalized spacial score (nSPS) is 24.3. The fourth-order valence-corrected chi connectivity index (χ4v) is 3.67. The number of rotatable bonds is 4. The Hall–Kier alpha value is -0.450. The second-order valence-electron chi connectivity index (χ2n) is 5.90. The predicted molar refractivity (Wildman–Crippen MR) is 85.3 cm³/mol. The summed E-state index contributed by atoms with van der Waals surface area (Å²) >= 11 is 3.34. The van der Waals surface area contributed by atoms with Crippen LogP contribution in [0.5, 0.6) is 0 Å².